The number of anilines is 1. The Labute approximate surface area is 141 Å². The molecule has 0 radical (unpaired) electrons. The highest BCUT2D eigenvalue weighted by atomic mass is 32.2. The average Bonchev–Trinajstić information content (AvgIpc) is 2.98. The number of carbonyl (C=O) groups is 1. The molecule has 0 aliphatic carbocycles. The van der Waals surface area contributed by atoms with Crippen LogP contribution < -0.4 is 20.5 Å². The van der Waals surface area contributed by atoms with E-state index in [-0.39, 0.29) is 17.7 Å². The molecule has 3 N–H and O–H groups in total. The van der Waals surface area contributed by atoms with E-state index in [0.29, 0.717) is 28.4 Å². The van der Waals surface area contributed by atoms with Gasteiger partial charge in [0.2, 0.25) is 11.0 Å². The van der Waals surface area contributed by atoms with Gasteiger partial charge in [-0.2, -0.15) is 0 Å². The van der Waals surface area contributed by atoms with E-state index in [1.54, 1.807) is 0 Å². The number of nitrogens with two attached hydrogens (primary N) is 1. The number of benzene rings is 1. The third kappa shape index (κ3) is 4.05. The molecule has 0 saturated carbocycles. The van der Waals surface area contributed by atoms with Gasteiger partial charge in [0, 0.05) is 0 Å². The van der Waals surface area contributed by atoms with Gasteiger partial charge in [0.1, 0.15) is 13.2 Å². The van der Waals surface area contributed by atoms with Crippen molar-refractivity contribution < 1.29 is 14.3 Å². The van der Waals surface area contributed by atoms with E-state index in [1.807, 2.05) is 25.1 Å². The van der Waals surface area contributed by atoms with Gasteiger partial charge in [0.25, 0.3) is 0 Å². The van der Waals surface area contributed by atoms with Crippen LogP contribution in [0.1, 0.15) is 18.5 Å². The van der Waals surface area contributed by atoms with E-state index < -0.39 is 0 Å². The minimum absolute atomic E-state index is 0.0776. The molecular weight excluding hydrogens is 336 g/mol. The quantitative estimate of drug-likeness (QED) is 0.792. The standard InChI is InChI=1S/C14H16N4O3S2/c1-8(9-2-3-10-11(6-9)21-5-4-20-10)16-12(19)7-22-14-18-17-13(15)23-14/h2-3,6,8H,4-5,7H2,1H3,(H2,15,17)(H,16,19). The van der Waals surface area contributed by atoms with Gasteiger partial charge in [-0.1, -0.05) is 29.2 Å². The number of nitrogens with zero attached hydrogens (tertiary/aromatic N) is 2. The molecule has 122 valence electrons. The Kier molecular flexibility index (Phi) is 4.87. The van der Waals surface area contributed by atoms with Gasteiger partial charge >= 0.3 is 0 Å². The molecule has 1 atom stereocenters. The van der Waals surface area contributed by atoms with Crippen LogP contribution in [-0.4, -0.2) is 35.1 Å². The maximum Gasteiger partial charge on any atom is 0.230 e. The number of carbonyl (C=O) groups excluding carboxylic acids is 1. The number of hydrogen-bond acceptors (Lipinski definition) is 8. The Hall–Kier alpha value is -2.00. The molecule has 9 heteroatoms. The van der Waals surface area contributed by atoms with Gasteiger partial charge < -0.3 is 20.5 Å². The maximum atomic E-state index is 12.0. The summed E-state index contributed by atoms with van der Waals surface area (Å²) >= 11 is 2.59. The second-order valence-corrected chi connectivity index (χ2v) is 7.12. The number of amides is 1. The first-order chi connectivity index (χ1) is 11.1. The molecule has 0 saturated heterocycles. The van der Waals surface area contributed by atoms with E-state index in [1.165, 1.54) is 23.1 Å². The van der Waals surface area contributed by atoms with Gasteiger partial charge in [0.05, 0.1) is 11.8 Å². The lowest BCUT2D eigenvalue weighted by Gasteiger charge is -2.21. The lowest BCUT2D eigenvalue weighted by molar-refractivity contribution is -0.119. The summed E-state index contributed by atoms with van der Waals surface area (Å²) in [7, 11) is 0. The number of hydrogen-bond donors (Lipinski definition) is 2. The first kappa shape index (κ1) is 15.9. The second kappa shape index (κ2) is 7.05. The topological polar surface area (TPSA) is 99.4 Å². The first-order valence-electron chi connectivity index (χ1n) is 7.02. The van der Waals surface area contributed by atoms with Crippen LogP contribution in [0.4, 0.5) is 5.13 Å². The predicted molar refractivity (Wildman–Crippen MR) is 89.0 cm³/mol. The minimum atomic E-state index is -0.126. The Morgan fingerprint density at radius 2 is 2.17 bits per heavy atom. The molecule has 0 spiro atoms. The van der Waals surface area contributed by atoms with Gasteiger partial charge in [-0.3, -0.25) is 4.79 Å². The summed E-state index contributed by atoms with van der Waals surface area (Å²) in [6, 6.07) is 5.57. The second-order valence-electron chi connectivity index (χ2n) is 4.89. The Morgan fingerprint density at radius 3 is 2.91 bits per heavy atom. The Bertz CT molecular complexity index is 707. The molecule has 2 aromatic rings. The van der Waals surface area contributed by atoms with Gasteiger partial charge in [-0.05, 0) is 24.6 Å². The predicted octanol–water partition coefficient (Wildman–Crippen LogP) is 1.86. The molecule has 1 aromatic carbocycles. The highest BCUT2D eigenvalue weighted by Gasteiger charge is 2.16. The average molecular weight is 352 g/mol. The van der Waals surface area contributed by atoms with Crippen molar-refractivity contribution >= 4 is 34.1 Å². The maximum absolute atomic E-state index is 12.0. The minimum Gasteiger partial charge on any atom is -0.486 e. The van der Waals surface area contributed by atoms with Crippen molar-refractivity contribution in [1.82, 2.24) is 15.5 Å². The van der Waals surface area contributed by atoms with Crippen LogP contribution in [0.15, 0.2) is 22.5 Å². The monoisotopic (exact) mass is 352 g/mol. The van der Waals surface area contributed by atoms with Crippen LogP contribution in [0.2, 0.25) is 0 Å². The van der Waals surface area contributed by atoms with Crippen molar-refractivity contribution in [3.8, 4) is 11.5 Å². The fourth-order valence-electron chi connectivity index (χ4n) is 2.10. The molecule has 1 aliphatic rings. The summed E-state index contributed by atoms with van der Waals surface area (Å²) in [5.41, 5.74) is 6.47. The normalized spacial score (nSPS) is 14.3. The lowest BCUT2D eigenvalue weighted by Crippen LogP contribution is -2.28. The van der Waals surface area contributed by atoms with E-state index in [2.05, 4.69) is 15.5 Å². The number of fused-ring (bicyclic) bond motifs is 1. The van der Waals surface area contributed by atoms with Gasteiger partial charge in [-0.15, -0.1) is 10.2 Å². The van der Waals surface area contributed by atoms with Crippen molar-refractivity contribution in [2.75, 3.05) is 24.7 Å². The number of ether oxygens (including phenoxy) is 2. The smallest absolute Gasteiger partial charge is 0.230 e. The molecule has 3 rings (SSSR count). The number of nitrogen functional groups attached to an aromatic ring is 1. The third-order valence-electron chi connectivity index (χ3n) is 3.19. The summed E-state index contributed by atoms with van der Waals surface area (Å²) in [6.07, 6.45) is 0. The molecule has 7 nitrogen and oxygen atoms in total. The number of aromatic nitrogens is 2. The first-order valence-corrected chi connectivity index (χ1v) is 8.83. The van der Waals surface area contributed by atoms with Crippen molar-refractivity contribution in [2.24, 2.45) is 0 Å². The summed E-state index contributed by atoms with van der Waals surface area (Å²) in [6.45, 7) is 3.03. The van der Waals surface area contributed by atoms with Gasteiger partial charge in [-0.25, -0.2) is 0 Å². The zero-order valence-electron chi connectivity index (χ0n) is 12.4. The van der Waals surface area contributed by atoms with Crippen molar-refractivity contribution in [3.63, 3.8) is 0 Å². The Morgan fingerprint density at radius 1 is 1.39 bits per heavy atom. The molecule has 1 unspecified atom stereocenters. The molecule has 0 bridgehead atoms. The summed E-state index contributed by atoms with van der Waals surface area (Å²) in [5, 5.41) is 10.9. The van der Waals surface area contributed by atoms with Crippen LogP contribution in [0.3, 0.4) is 0 Å². The van der Waals surface area contributed by atoms with Crippen molar-refractivity contribution in [3.05, 3.63) is 23.8 Å². The lowest BCUT2D eigenvalue weighted by atomic mass is 10.1. The zero-order valence-corrected chi connectivity index (χ0v) is 14.1. The van der Waals surface area contributed by atoms with E-state index >= 15 is 0 Å². The highest BCUT2D eigenvalue weighted by Crippen LogP contribution is 2.32. The molecule has 1 amide bonds. The fraction of sp³-hybridized carbons (Fsp3) is 0.357. The molecule has 1 aromatic heterocycles. The zero-order chi connectivity index (χ0) is 16.2. The molecular formula is C14H16N4O3S2. The molecule has 23 heavy (non-hydrogen) atoms. The van der Waals surface area contributed by atoms with E-state index in [0.717, 1.165) is 11.3 Å². The summed E-state index contributed by atoms with van der Waals surface area (Å²) in [5.74, 6) is 1.64. The summed E-state index contributed by atoms with van der Waals surface area (Å²) < 4.78 is 11.7. The number of rotatable bonds is 5. The van der Waals surface area contributed by atoms with Crippen LogP contribution in [0.5, 0.6) is 11.5 Å². The van der Waals surface area contributed by atoms with Crippen molar-refractivity contribution in [2.45, 2.75) is 17.3 Å². The largest absolute Gasteiger partial charge is 0.486 e. The molecule has 0 fully saturated rings. The number of nitrogens with one attached hydrogen (secondary N) is 1. The SMILES string of the molecule is CC(NC(=O)CSc1nnc(N)s1)c1ccc2c(c1)OCCO2. The number of thioether (sulfide) groups is 1. The van der Waals surface area contributed by atoms with Crippen LogP contribution in [0, 0.1) is 0 Å². The third-order valence-corrected chi connectivity index (χ3v) is 5.08. The molecule has 1 aliphatic heterocycles. The Balaban J connectivity index is 1.55. The van der Waals surface area contributed by atoms with Gasteiger partial charge in [0.15, 0.2) is 15.8 Å². The van der Waals surface area contributed by atoms with E-state index in [9.17, 15) is 4.79 Å². The molecule has 2 heterocycles. The highest BCUT2D eigenvalue weighted by molar-refractivity contribution is 8.01. The van der Waals surface area contributed by atoms with Crippen LogP contribution >= 0.6 is 23.1 Å². The van der Waals surface area contributed by atoms with Crippen molar-refractivity contribution in [1.29, 1.82) is 0 Å². The van der Waals surface area contributed by atoms with E-state index in [4.69, 9.17) is 15.2 Å². The summed E-state index contributed by atoms with van der Waals surface area (Å²) in [4.78, 5) is 12.0. The fourth-order valence-corrected chi connectivity index (χ4v) is 3.55. The van der Waals surface area contributed by atoms with Crippen LogP contribution in [-0.2, 0) is 4.79 Å². The van der Waals surface area contributed by atoms with Crippen LogP contribution in [0.25, 0.3) is 0 Å².